The summed E-state index contributed by atoms with van der Waals surface area (Å²) in [4.78, 5) is 38.3. The number of allylic oxidation sites excluding steroid dienone is 1. The number of ketones is 3. The number of aliphatic hydroxyl groups is 2. The Morgan fingerprint density at radius 3 is 2.00 bits per heavy atom. The van der Waals surface area contributed by atoms with E-state index in [9.17, 15) is 24.6 Å². The van der Waals surface area contributed by atoms with Crippen molar-refractivity contribution in [1.29, 1.82) is 0 Å². The molecule has 0 bridgehead atoms. The second-order valence-corrected chi connectivity index (χ2v) is 8.79. The van der Waals surface area contributed by atoms with Crippen molar-refractivity contribution in [3.05, 3.63) is 11.3 Å². The molecule has 0 aromatic rings. The van der Waals surface area contributed by atoms with Gasteiger partial charge in [0.05, 0.1) is 5.92 Å². The van der Waals surface area contributed by atoms with Crippen LogP contribution in [0.5, 0.6) is 0 Å². The highest BCUT2D eigenvalue weighted by Gasteiger charge is 2.53. The van der Waals surface area contributed by atoms with Crippen LogP contribution in [-0.2, 0) is 14.4 Å². The Balaban J connectivity index is 3.36. The molecule has 0 radical (unpaired) electrons. The van der Waals surface area contributed by atoms with Gasteiger partial charge < -0.3 is 10.2 Å². The summed E-state index contributed by atoms with van der Waals surface area (Å²) < 4.78 is 0. The van der Waals surface area contributed by atoms with Crippen LogP contribution >= 0.6 is 0 Å². The normalized spacial score (nSPS) is 24.3. The summed E-state index contributed by atoms with van der Waals surface area (Å²) >= 11 is 0. The summed E-state index contributed by atoms with van der Waals surface area (Å²) in [7, 11) is 0. The summed E-state index contributed by atoms with van der Waals surface area (Å²) in [6.07, 6.45) is 1.53. The highest BCUT2D eigenvalue weighted by Crippen LogP contribution is 2.38. The van der Waals surface area contributed by atoms with Gasteiger partial charge in [0.1, 0.15) is 11.3 Å². The molecule has 0 heterocycles. The Kier molecular flexibility index (Phi) is 7.75. The van der Waals surface area contributed by atoms with Crippen molar-refractivity contribution < 1.29 is 24.6 Å². The molecule has 5 heteroatoms. The lowest BCUT2D eigenvalue weighted by molar-refractivity contribution is -0.149. The highest BCUT2D eigenvalue weighted by atomic mass is 16.3. The van der Waals surface area contributed by atoms with Crippen LogP contribution < -0.4 is 0 Å². The van der Waals surface area contributed by atoms with Gasteiger partial charge in [0.25, 0.3) is 0 Å². The average Bonchev–Trinajstić information content (AvgIpc) is 2.50. The van der Waals surface area contributed by atoms with Gasteiger partial charge in [-0.2, -0.15) is 0 Å². The van der Waals surface area contributed by atoms with E-state index < -0.39 is 34.6 Å². The zero-order chi connectivity index (χ0) is 20.2. The molecule has 0 saturated carbocycles. The molecule has 0 aromatic carbocycles. The zero-order valence-corrected chi connectivity index (χ0v) is 17.0. The summed E-state index contributed by atoms with van der Waals surface area (Å²) in [6, 6.07) is 0. The Hall–Kier alpha value is -1.49. The van der Waals surface area contributed by atoms with Crippen molar-refractivity contribution in [1.82, 2.24) is 0 Å². The van der Waals surface area contributed by atoms with Crippen LogP contribution in [0.4, 0.5) is 0 Å². The van der Waals surface area contributed by atoms with Crippen LogP contribution in [0.1, 0.15) is 73.6 Å². The predicted octanol–water partition coefficient (Wildman–Crippen LogP) is 3.79. The van der Waals surface area contributed by atoms with Crippen LogP contribution in [0.25, 0.3) is 0 Å². The second-order valence-electron chi connectivity index (χ2n) is 8.79. The molecular weight excluding hydrogens is 332 g/mol. The van der Waals surface area contributed by atoms with E-state index in [0.29, 0.717) is 12.8 Å². The minimum absolute atomic E-state index is 0.00565. The molecule has 2 N–H and O–H groups in total. The van der Waals surface area contributed by atoms with Crippen molar-refractivity contribution >= 4 is 17.3 Å². The van der Waals surface area contributed by atoms with Crippen LogP contribution in [0.15, 0.2) is 11.3 Å². The maximum atomic E-state index is 12.9. The van der Waals surface area contributed by atoms with Gasteiger partial charge in [0, 0.05) is 6.42 Å². The molecule has 0 spiro atoms. The van der Waals surface area contributed by atoms with E-state index in [0.717, 1.165) is 0 Å². The summed E-state index contributed by atoms with van der Waals surface area (Å²) in [5.74, 6) is -3.08. The van der Waals surface area contributed by atoms with E-state index in [1.165, 1.54) is 0 Å². The molecule has 148 valence electrons. The molecule has 0 unspecified atom stereocenters. The van der Waals surface area contributed by atoms with Crippen molar-refractivity contribution in [3.8, 4) is 0 Å². The maximum absolute atomic E-state index is 12.9. The van der Waals surface area contributed by atoms with Crippen molar-refractivity contribution in [3.63, 3.8) is 0 Å². The molecule has 1 rings (SSSR count). The number of carbonyl (C=O) groups is 3. The third kappa shape index (κ3) is 5.03. The van der Waals surface area contributed by atoms with E-state index in [1.807, 2.05) is 41.5 Å². The van der Waals surface area contributed by atoms with Crippen molar-refractivity contribution in [2.24, 2.45) is 23.7 Å². The van der Waals surface area contributed by atoms with E-state index in [2.05, 4.69) is 0 Å². The molecule has 1 aliphatic carbocycles. The topological polar surface area (TPSA) is 91.7 Å². The first-order chi connectivity index (χ1) is 11.9. The number of Topliss-reactive ketones (excluding diaryl/α,β-unsaturated/α-hetero) is 3. The molecule has 1 aliphatic rings. The fourth-order valence-electron chi connectivity index (χ4n) is 3.27. The summed E-state index contributed by atoms with van der Waals surface area (Å²) in [5.41, 5.74) is -2.50. The predicted molar refractivity (Wildman–Crippen MR) is 101 cm³/mol. The zero-order valence-electron chi connectivity index (χ0n) is 17.0. The lowest BCUT2D eigenvalue weighted by atomic mass is 9.70. The Morgan fingerprint density at radius 1 is 1.00 bits per heavy atom. The van der Waals surface area contributed by atoms with Gasteiger partial charge in [-0.15, -0.1) is 0 Å². The molecule has 0 amide bonds. The smallest absolute Gasteiger partial charge is 0.182 e. The number of hydrogen-bond donors (Lipinski definition) is 2. The van der Waals surface area contributed by atoms with E-state index >= 15 is 0 Å². The first-order valence-corrected chi connectivity index (χ1v) is 9.69. The third-order valence-corrected chi connectivity index (χ3v) is 4.90. The SMILES string of the molecule is CC(C)CC[C@@H]1C(=O)C(C(=O)CC(C)C)=C(O)[C@@](O)(CCC(C)C)C1=O. The minimum atomic E-state index is -2.14. The van der Waals surface area contributed by atoms with Gasteiger partial charge in [-0.25, -0.2) is 0 Å². The van der Waals surface area contributed by atoms with Gasteiger partial charge in [-0.3, -0.25) is 14.4 Å². The second kappa shape index (κ2) is 8.94. The molecule has 5 nitrogen and oxygen atoms in total. The summed E-state index contributed by atoms with van der Waals surface area (Å²) in [5, 5.41) is 21.6. The molecule has 0 fully saturated rings. The minimum Gasteiger partial charge on any atom is -0.508 e. The lowest BCUT2D eigenvalue weighted by Crippen LogP contribution is -2.53. The first kappa shape index (κ1) is 22.6. The fourth-order valence-corrected chi connectivity index (χ4v) is 3.27. The van der Waals surface area contributed by atoms with Crippen LogP contribution in [0.3, 0.4) is 0 Å². The number of hydrogen-bond acceptors (Lipinski definition) is 5. The average molecular weight is 366 g/mol. The molecular formula is C21H34O5. The standard InChI is InChI=1S/C21H34O5/c1-12(2)7-8-15-18(23)17(16(22)11-14(5)6)20(25)21(26,19(15)24)10-9-13(3)4/h12-15,25-26H,7-11H2,1-6H3/t15-,21-/m1/s1. The Bertz CT molecular complexity index is 585. The van der Waals surface area contributed by atoms with Crippen molar-refractivity contribution in [2.45, 2.75) is 79.2 Å². The van der Waals surface area contributed by atoms with Crippen molar-refractivity contribution in [2.75, 3.05) is 0 Å². The van der Waals surface area contributed by atoms with Gasteiger partial charge >= 0.3 is 0 Å². The van der Waals surface area contributed by atoms with E-state index in [1.54, 1.807) is 0 Å². The van der Waals surface area contributed by atoms with Crippen LogP contribution in [0, 0.1) is 23.7 Å². The molecule has 0 saturated heterocycles. The Labute approximate surface area is 156 Å². The van der Waals surface area contributed by atoms with Gasteiger partial charge in [0.15, 0.2) is 23.0 Å². The fraction of sp³-hybridized carbons (Fsp3) is 0.762. The van der Waals surface area contributed by atoms with Gasteiger partial charge in [0.2, 0.25) is 0 Å². The molecule has 2 atom stereocenters. The lowest BCUT2D eigenvalue weighted by Gasteiger charge is -2.35. The quantitative estimate of drug-likeness (QED) is 0.478. The number of carbonyl (C=O) groups excluding carboxylic acids is 3. The van der Waals surface area contributed by atoms with Gasteiger partial charge in [-0.1, -0.05) is 41.5 Å². The van der Waals surface area contributed by atoms with Crippen LogP contribution in [0.2, 0.25) is 0 Å². The van der Waals surface area contributed by atoms with E-state index in [4.69, 9.17) is 0 Å². The highest BCUT2D eigenvalue weighted by molar-refractivity contribution is 6.29. The largest absolute Gasteiger partial charge is 0.508 e. The maximum Gasteiger partial charge on any atom is 0.182 e. The number of aliphatic hydroxyl groups excluding tert-OH is 1. The molecule has 0 aliphatic heterocycles. The Morgan fingerprint density at radius 2 is 1.54 bits per heavy atom. The monoisotopic (exact) mass is 366 g/mol. The molecule has 26 heavy (non-hydrogen) atoms. The van der Waals surface area contributed by atoms with Gasteiger partial charge in [-0.05, 0) is 43.4 Å². The first-order valence-electron chi connectivity index (χ1n) is 9.69. The van der Waals surface area contributed by atoms with E-state index in [-0.39, 0.29) is 42.6 Å². The summed E-state index contributed by atoms with van der Waals surface area (Å²) in [6.45, 7) is 11.6. The third-order valence-electron chi connectivity index (χ3n) is 4.90. The van der Waals surface area contributed by atoms with Crippen LogP contribution in [-0.4, -0.2) is 33.2 Å². The number of rotatable bonds is 9. The molecule has 0 aromatic heterocycles.